The van der Waals surface area contributed by atoms with Gasteiger partial charge in [0.1, 0.15) is 5.69 Å². The van der Waals surface area contributed by atoms with Gasteiger partial charge in [-0.25, -0.2) is 0 Å². The molecule has 0 spiro atoms. The molecule has 0 radical (unpaired) electrons. The van der Waals surface area contributed by atoms with Gasteiger partial charge < -0.3 is 16.0 Å². The Kier molecular flexibility index (Phi) is 5.35. The Labute approximate surface area is 120 Å². The zero-order valence-electron chi connectivity index (χ0n) is 12.1. The predicted octanol–water partition coefficient (Wildman–Crippen LogP) is 1.66. The van der Waals surface area contributed by atoms with Crippen LogP contribution < -0.4 is 11.1 Å². The highest BCUT2D eigenvalue weighted by Crippen LogP contribution is 2.16. The zero-order chi connectivity index (χ0) is 14.4. The summed E-state index contributed by atoms with van der Waals surface area (Å²) in [5, 5.41) is 2.90. The van der Waals surface area contributed by atoms with Gasteiger partial charge in [0.15, 0.2) is 0 Å². The summed E-state index contributed by atoms with van der Waals surface area (Å²) >= 11 is 0. The number of hydrogen-bond donors (Lipinski definition) is 2. The van der Waals surface area contributed by atoms with Crippen molar-refractivity contribution in [3.05, 3.63) is 24.0 Å². The van der Waals surface area contributed by atoms with E-state index in [0.29, 0.717) is 24.0 Å². The van der Waals surface area contributed by atoms with Crippen molar-refractivity contribution in [2.75, 3.05) is 25.4 Å². The van der Waals surface area contributed by atoms with Crippen molar-refractivity contribution in [3.8, 4) is 0 Å². The molecule has 1 aromatic rings. The first-order valence-corrected chi connectivity index (χ1v) is 7.40. The van der Waals surface area contributed by atoms with Gasteiger partial charge in [0.25, 0.3) is 5.91 Å². The van der Waals surface area contributed by atoms with Gasteiger partial charge in [-0.1, -0.05) is 6.42 Å². The van der Waals surface area contributed by atoms with E-state index in [9.17, 15) is 4.79 Å². The lowest BCUT2D eigenvalue weighted by molar-refractivity contribution is 0.0944. The quantitative estimate of drug-likeness (QED) is 0.802. The fraction of sp³-hybridized carbons (Fsp3) is 0.600. The molecule has 1 aliphatic heterocycles. The monoisotopic (exact) mass is 276 g/mol. The number of rotatable bonds is 5. The van der Waals surface area contributed by atoms with Crippen LogP contribution in [0.5, 0.6) is 0 Å². The van der Waals surface area contributed by atoms with Crippen LogP contribution in [0.25, 0.3) is 0 Å². The predicted molar refractivity (Wildman–Crippen MR) is 80.5 cm³/mol. The molecule has 110 valence electrons. The fourth-order valence-corrected chi connectivity index (χ4v) is 2.64. The minimum Gasteiger partial charge on any atom is -0.399 e. The molecule has 2 rings (SSSR count). The van der Waals surface area contributed by atoms with E-state index >= 15 is 0 Å². The Hall–Kier alpha value is -1.62. The second-order valence-electron chi connectivity index (χ2n) is 5.46. The maximum atomic E-state index is 11.9. The molecule has 20 heavy (non-hydrogen) atoms. The molecule has 1 atom stereocenters. The molecule has 0 bridgehead atoms. The van der Waals surface area contributed by atoms with E-state index in [2.05, 4.69) is 22.1 Å². The second kappa shape index (κ2) is 7.24. The highest BCUT2D eigenvalue weighted by molar-refractivity contribution is 5.92. The molecule has 3 N–H and O–H groups in total. The van der Waals surface area contributed by atoms with Crippen molar-refractivity contribution in [1.29, 1.82) is 0 Å². The second-order valence-corrected chi connectivity index (χ2v) is 5.46. The van der Waals surface area contributed by atoms with Crippen LogP contribution in [0.4, 0.5) is 5.69 Å². The van der Waals surface area contributed by atoms with Crippen molar-refractivity contribution in [3.63, 3.8) is 0 Å². The third-order valence-corrected chi connectivity index (χ3v) is 3.86. The maximum Gasteiger partial charge on any atom is 0.269 e. The van der Waals surface area contributed by atoms with Crippen LogP contribution in [0.2, 0.25) is 0 Å². The number of aromatic nitrogens is 1. The summed E-state index contributed by atoms with van der Waals surface area (Å²) in [6.45, 7) is 5.20. The van der Waals surface area contributed by atoms with Crippen LogP contribution in [0, 0.1) is 0 Å². The number of nitrogens with zero attached hydrogens (tertiary/aromatic N) is 2. The van der Waals surface area contributed by atoms with Gasteiger partial charge >= 0.3 is 0 Å². The van der Waals surface area contributed by atoms with Crippen molar-refractivity contribution in [1.82, 2.24) is 15.2 Å². The lowest BCUT2D eigenvalue weighted by atomic mass is 10.0. The first kappa shape index (κ1) is 14.8. The normalized spacial score (nSPS) is 19.8. The molecule has 1 aromatic heterocycles. The van der Waals surface area contributed by atoms with E-state index in [1.165, 1.54) is 25.8 Å². The molecular formula is C15H24N4O. The number of pyridine rings is 1. The Bertz CT molecular complexity index is 449. The molecule has 1 aliphatic rings. The number of likely N-dealkylation sites (tertiary alicyclic amines) is 1. The minimum atomic E-state index is -0.149. The lowest BCUT2D eigenvalue weighted by Crippen LogP contribution is -2.39. The Morgan fingerprint density at radius 1 is 1.55 bits per heavy atom. The number of anilines is 1. The summed E-state index contributed by atoms with van der Waals surface area (Å²) in [6, 6.07) is 3.95. The first-order valence-electron chi connectivity index (χ1n) is 7.40. The number of amides is 1. The average Bonchev–Trinajstić information content (AvgIpc) is 2.45. The number of nitrogens with one attached hydrogen (secondary N) is 1. The first-order chi connectivity index (χ1) is 9.66. The third kappa shape index (κ3) is 4.20. The van der Waals surface area contributed by atoms with Crippen LogP contribution >= 0.6 is 0 Å². The van der Waals surface area contributed by atoms with E-state index in [1.54, 1.807) is 18.3 Å². The number of hydrogen-bond acceptors (Lipinski definition) is 4. The third-order valence-electron chi connectivity index (χ3n) is 3.86. The zero-order valence-corrected chi connectivity index (χ0v) is 12.1. The largest absolute Gasteiger partial charge is 0.399 e. The summed E-state index contributed by atoms with van der Waals surface area (Å²) in [5.41, 5.74) is 6.59. The van der Waals surface area contributed by atoms with Crippen molar-refractivity contribution < 1.29 is 4.79 Å². The molecule has 0 aliphatic carbocycles. The molecule has 2 heterocycles. The standard InChI is InChI=1S/C15H24N4O/c1-12-5-2-3-9-19(12)10-4-7-18-15(20)14-11-13(16)6-8-17-14/h6,8,11-12H,2-5,7,9-10H2,1H3,(H2,16,17)(H,18,20). The number of nitrogen functional groups attached to an aromatic ring is 1. The smallest absolute Gasteiger partial charge is 0.269 e. The number of nitrogens with two attached hydrogens (primary N) is 1. The van der Waals surface area contributed by atoms with Gasteiger partial charge in [-0.2, -0.15) is 0 Å². The Morgan fingerprint density at radius 2 is 2.40 bits per heavy atom. The Balaban J connectivity index is 1.69. The fourth-order valence-electron chi connectivity index (χ4n) is 2.64. The van der Waals surface area contributed by atoms with Crippen LogP contribution in [0.1, 0.15) is 43.1 Å². The summed E-state index contributed by atoms with van der Waals surface area (Å²) < 4.78 is 0. The molecule has 1 saturated heterocycles. The molecule has 5 nitrogen and oxygen atoms in total. The van der Waals surface area contributed by atoms with Gasteiger partial charge in [0.2, 0.25) is 0 Å². The highest BCUT2D eigenvalue weighted by atomic mass is 16.1. The topological polar surface area (TPSA) is 71.2 Å². The summed E-state index contributed by atoms with van der Waals surface area (Å²) in [6.07, 6.45) is 6.46. The maximum absolute atomic E-state index is 11.9. The van der Waals surface area contributed by atoms with Gasteiger partial charge in [-0.15, -0.1) is 0 Å². The van der Waals surface area contributed by atoms with Crippen LogP contribution in [0.15, 0.2) is 18.3 Å². The number of carbonyl (C=O) groups is 1. The van der Waals surface area contributed by atoms with E-state index in [-0.39, 0.29) is 5.91 Å². The summed E-state index contributed by atoms with van der Waals surface area (Å²) in [5.74, 6) is -0.149. The van der Waals surface area contributed by atoms with Crippen molar-refractivity contribution in [2.24, 2.45) is 0 Å². The number of carbonyl (C=O) groups excluding carboxylic acids is 1. The van der Waals surface area contributed by atoms with Gasteiger partial charge in [-0.3, -0.25) is 9.78 Å². The van der Waals surface area contributed by atoms with Crippen LogP contribution in [-0.2, 0) is 0 Å². The van der Waals surface area contributed by atoms with Crippen LogP contribution in [0.3, 0.4) is 0 Å². The SMILES string of the molecule is CC1CCCCN1CCCNC(=O)c1cc(N)ccn1. The molecule has 1 fully saturated rings. The van der Waals surface area contributed by atoms with E-state index in [1.807, 2.05) is 0 Å². The van der Waals surface area contributed by atoms with Gasteiger partial charge in [0.05, 0.1) is 0 Å². The Morgan fingerprint density at radius 3 is 3.15 bits per heavy atom. The van der Waals surface area contributed by atoms with E-state index in [0.717, 1.165) is 13.0 Å². The van der Waals surface area contributed by atoms with Crippen molar-refractivity contribution >= 4 is 11.6 Å². The van der Waals surface area contributed by atoms with E-state index < -0.39 is 0 Å². The summed E-state index contributed by atoms with van der Waals surface area (Å²) in [7, 11) is 0. The van der Waals surface area contributed by atoms with Crippen molar-refractivity contribution in [2.45, 2.75) is 38.6 Å². The molecule has 1 amide bonds. The van der Waals surface area contributed by atoms with E-state index in [4.69, 9.17) is 5.73 Å². The highest BCUT2D eigenvalue weighted by Gasteiger charge is 2.17. The molecule has 0 saturated carbocycles. The lowest BCUT2D eigenvalue weighted by Gasteiger charge is -2.33. The summed E-state index contributed by atoms with van der Waals surface area (Å²) in [4.78, 5) is 18.4. The molecule has 5 heteroatoms. The molecular weight excluding hydrogens is 252 g/mol. The van der Waals surface area contributed by atoms with Gasteiger partial charge in [-0.05, 0) is 44.9 Å². The van der Waals surface area contributed by atoms with Crippen LogP contribution in [-0.4, -0.2) is 41.5 Å². The molecule has 1 unspecified atom stereocenters. The molecule has 0 aromatic carbocycles. The number of piperidine rings is 1. The van der Waals surface area contributed by atoms with Gasteiger partial charge in [0, 0.05) is 31.0 Å². The minimum absolute atomic E-state index is 0.149. The average molecular weight is 276 g/mol.